The molecule has 0 aliphatic carbocycles. The van der Waals surface area contributed by atoms with Crippen LogP contribution in [0.1, 0.15) is 35.7 Å². The van der Waals surface area contributed by atoms with E-state index in [4.69, 9.17) is 14.2 Å². The third-order valence-corrected chi connectivity index (χ3v) is 4.58. The lowest BCUT2D eigenvalue weighted by Gasteiger charge is -2.13. The first-order chi connectivity index (χ1) is 16.1. The fraction of sp³-hybridized carbons (Fsp3) is 0.192. The van der Waals surface area contributed by atoms with Gasteiger partial charge in [0.2, 0.25) is 0 Å². The molecule has 0 unspecified atom stereocenters. The predicted molar refractivity (Wildman–Crippen MR) is 123 cm³/mol. The fourth-order valence-corrected chi connectivity index (χ4v) is 2.96. The summed E-state index contributed by atoms with van der Waals surface area (Å²) in [4.78, 5) is 24.1. The summed E-state index contributed by atoms with van der Waals surface area (Å²) in [5.74, 6) is 0.885. The minimum Gasteiger partial charge on any atom is -0.494 e. The molecular formula is C26H24N2O5. The smallest absolute Gasteiger partial charge is 0.305 e. The minimum absolute atomic E-state index is 0.242. The monoisotopic (exact) mass is 444 g/mol. The third-order valence-electron chi connectivity index (χ3n) is 4.58. The van der Waals surface area contributed by atoms with Crippen LogP contribution in [-0.4, -0.2) is 25.1 Å². The zero-order chi connectivity index (χ0) is 23.5. The van der Waals surface area contributed by atoms with Gasteiger partial charge in [-0.3, -0.25) is 9.59 Å². The molecule has 1 amide bonds. The van der Waals surface area contributed by atoms with Gasteiger partial charge in [-0.25, -0.2) is 0 Å². The van der Waals surface area contributed by atoms with Gasteiger partial charge in [0.05, 0.1) is 24.5 Å². The molecule has 0 aromatic heterocycles. The van der Waals surface area contributed by atoms with Crippen LogP contribution in [0.3, 0.4) is 0 Å². The molecule has 3 rings (SSSR count). The normalized spacial score (nSPS) is 10.1. The maximum Gasteiger partial charge on any atom is 0.305 e. The Morgan fingerprint density at radius 2 is 1.64 bits per heavy atom. The summed E-state index contributed by atoms with van der Waals surface area (Å²) in [6.07, 6.45) is 0.849. The number of hydrogen-bond acceptors (Lipinski definition) is 6. The van der Waals surface area contributed by atoms with Crippen molar-refractivity contribution in [2.75, 3.05) is 18.5 Å². The van der Waals surface area contributed by atoms with Crippen LogP contribution in [0.15, 0.2) is 72.8 Å². The van der Waals surface area contributed by atoms with E-state index < -0.39 is 0 Å². The number of nitrogens with zero attached hydrogens (tertiary/aromatic N) is 1. The second-order valence-electron chi connectivity index (χ2n) is 6.94. The second-order valence-corrected chi connectivity index (χ2v) is 6.94. The molecule has 7 nitrogen and oxygen atoms in total. The molecule has 0 bridgehead atoms. The Morgan fingerprint density at radius 1 is 0.939 bits per heavy atom. The number of benzene rings is 3. The van der Waals surface area contributed by atoms with E-state index in [9.17, 15) is 14.9 Å². The predicted octanol–water partition coefficient (Wildman–Crippen LogP) is 5.32. The topological polar surface area (TPSA) is 97.7 Å². The minimum atomic E-state index is -0.312. The number of hydrogen-bond donors (Lipinski definition) is 1. The molecule has 0 spiro atoms. The van der Waals surface area contributed by atoms with Gasteiger partial charge >= 0.3 is 5.97 Å². The van der Waals surface area contributed by atoms with E-state index in [1.54, 1.807) is 79.7 Å². The van der Waals surface area contributed by atoms with Crippen molar-refractivity contribution in [2.24, 2.45) is 0 Å². The van der Waals surface area contributed by atoms with Gasteiger partial charge in [0, 0.05) is 12.0 Å². The van der Waals surface area contributed by atoms with Gasteiger partial charge in [0.25, 0.3) is 5.91 Å². The standard InChI is InChI=1S/C26H24N2O5/c1-2-31-25(29)12-7-17-32-21-15-13-19(14-16-21)26(30)28-22-9-4-6-11-24(22)33-23-10-5-3-8-20(23)18-27/h3-6,8-11,13-16H,2,7,12,17H2,1H3,(H,28,30). The lowest BCUT2D eigenvalue weighted by molar-refractivity contribution is -0.143. The Morgan fingerprint density at radius 3 is 2.36 bits per heavy atom. The van der Waals surface area contributed by atoms with Gasteiger partial charge < -0.3 is 19.5 Å². The molecule has 168 valence electrons. The van der Waals surface area contributed by atoms with Crippen molar-refractivity contribution in [1.82, 2.24) is 0 Å². The molecule has 0 saturated heterocycles. The summed E-state index contributed by atoms with van der Waals surface area (Å²) >= 11 is 0. The number of nitriles is 1. The van der Waals surface area contributed by atoms with Gasteiger partial charge in [0.1, 0.15) is 17.6 Å². The first-order valence-electron chi connectivity index (χ1n) is 10.6. The first kappa shape index (κ1) is 23.4. The molecule has 33 heavy (non-hydrogen) atoms. The van der Waals surface area contributed by atoms with Crippen LogP contribution in [-0.2, 0) is 9.53 Å². The van der Waals surface area contributed by atoms with Crippen LogP contribution < -0.4 is 14.8 Å². The van der Waals surface area contributed by atoms with E-state index >= 15 is 0 Å². The highest BCUT2D eigenvalue weighted by Gasteiger charge is 2.12. The van der Waals surface area contributed by atoms with Crippen molar-refractivity contribution in [3.8, 4) is 23.3 Å². The molecule has 0 atom stereocenters. The van der Waals surface area contributed by atoms with Gasteiger partial charge in [-0.05, 0) is 61.9 Å². The van der Waals surface area contributed by atoms with Crippen molar-refractivity contribution in [1.29, 1.82) is 5.26 Å². The maximum absolute atomic E-state index is 12.7. The van der Waals surface area contributed by atoms with Crippen molar-refractivity contribution >= 4 is 17.6 Å². The number of esters is 1. The van der Waals surface area contributed by atoms with E-state index in [1.165, 1.54) is 0 Å². The maximum atomic E-state index is 12.7. The van der Waals surface area contributed by atoms with E-state index in [-0.39, 0.29) is 11.9 Å². The average molecular weight is 444 g/mol. The van der Waals surface area contributed by atoms with E-state index in [2.05, 4.69) is 11.4 Å². The SMILES string of the molecule is CCOC(=O)CCCOc1ccc(C(=O)Nc2ccccc2Oc2ccccc2C#N)cc1. The quantitative estimate of drug-likeness (QED) is 0.335. The van der Waals surface area contributed by atoms with Gasteiger partial charge in [0.15, 0.2) is 5.75 Å². The average Bonchev–Trinajstić information content (AvgIpc) is 2.84. The van der Waals surface area contributed by atoms with Crippen LogP contribution in [0.4, 0.5) is 5.69 Å². The summed E-state index contributed by atoms with van der Waals surface area (Å²) in [5.41, 5.74) is 1.33. The first-order valence-corrected chi connectivity index (χ1v) is 10.6. The van der Waals surface area contributed by atoms with Gasteiger partial charge in [-0.15, -0.1) is 0 Å². The third kappa shape index (κ3) is 6.84. The molecule has 0 saturated carbocycles. The summed E-state index contributed by atoms with van der Waals surface area (Å²) in [6.45, 7) is 2.51. The van der Waals surface area contributed by atoms with Crippen molar-refractivity contribution < 1.29 is 23.8 Å². The molecule has 3 aromatic rings. The second kappa shape index (κ2) is 11.9. The Hall–Kier alpha value is -4.31. The molecule has 0 fully saturated rings. The molecule has 3 aromatic carbocycles. The van der Waals surface area contributed by atoms with Crippen LogP contribution in [0.5, 0.6) is 17.2 Å². The Labute approximate surface area is 192 Å². The zero-order valence-electron chi connectivity index (χ0n) is 18.2. The van der Waals surface area contributed by atoms with E-state index in [1.807, 2.05) is 0 Å². The summed E-state index contributed by atoms with van der Waals surface area (Å²) in [7, 11) is 0. The van der Waals surface area contributed by atoms with Crippen LogP contribution >= 0.6 is 0 Å². The number of para-hydroxylation sites is 3. The highest BCUT2D eigenvalue weighted by molar-refractivity contribution is 6.05. The number of rotatable bonds is 10. The molecule has 0 aliphatic rings. The van der Waals surface area contributed by atoms with Crippen LogP contribution in [0.25, 0.3) is 0 Å². The Balaban J connectivity index is 1.59. The number of carbonyl (C=O) groups excluding carboxylic acids is 2. The zero-order valence-corrected chi connectivity index (χ0v) is 18.2. The molecule has 7 heteroatoms. The number of ether oxygens (including phenoxy) is 3. The van der Waals surface area contributed by atoms with Crippen LogP contribution in [0, 0.1) is 11.3 Å². The lowest BCUT2D eigenvalue weighted by atomic mass is 10.2. The molecule has 0 aliphatic heterocycles. The van der Waals surface area contributed by atoms with Crippen LogP contribution in [0.2, 0.25) is 0 Å². The van der Waals surface area contributed by atoms with E-state index in [0.717, 1.165) is 0 Å². The summed E-state index contributed by atoms with van der Waals surface area (Å²) < 4.78 is 16.4. The highest BCUT2D eigenvalue weighted by Crippen LogP contribution is 2.31. The Bertz CT molecular complexity index is 1140. The fourth-order valence-electron chi connectivity index (χ4n) is 2.96. The number of carbonyl (C=O) groups is 2. The van der Waals surface area contributed by atoms with Gasteiger partial charge in [-0.2, -0.15) is 5.26 Å². The van der Waals surface area contributed by atoms with Crippen molar-refractivity contribution in [2.45, 2.75) is 19.8 Å². The molecular weight excluding hydrogens is 420 g/mol. The highest BCUT2D eigenvalue weighted by atomic mass is 16.5. The number of nitrogens with one attached hydrogen (secondary N) is 1. The van der Waals surface area contributed by atoms with E-state index in [0.29, 0.717) is 60.1 Å². The number of anilines is 1. The Kier molecular flexibility index (Phi) is 8.43. The van der Waals surface area contributed by atoms with Crippen molar-refractivity contribution in [3.05, 3.63) is 83.9 Å². The largest absolute Gasteiger partial charge is 0.494 e. The van der Waals surface area contributed by atoms with Crippen molar-refractivity contribution in [3.63, 3.8) is 0 Å². The molecule has 1 N–H and O–H groups in total. The lowest BCUT2D eigenvalue weighted by Crippen LogP contribution is -2.12. The summed E-state index contributed by atoms with van der Waals surface area (Å²) in [6, 6.07) is 22.7. The van der Waals surface area contributed by atoms with Gasteiger partial charge in [-0.1, -0.05) is 24.3 Å². The summed E-state index contributed by atoms with van der Waals surface area (Å²) in [5, 5.41) is 12.1. The molecule has 0 radical (unpaired) electrons. The number of amides is 1. The molecule has 0 heterocycles.